The number of imidazole rings is 1. The van der Waals surface area contributed by atoms with Crippen LogP contribution in [-0.4, -0.2) is 31.9 Å². The van der Waals surface area contributed by atoms with E-state index in [1.54, 1.807) is 0 Å². The number of benzene rings is 1. The van der Waals surface area contributed by atoms with Crippen LogP contribution >= 0.6 is 0 Å². The molecule has 1 amide bonds. The van der Waals surface area contributed by atoms with Gasteiger partial charge in [-0.05, 0) is 69.7 Å². The van der Waals surface area contributed by atoms with Crippen molar-refractivity contribution in [2.45, 2.75) is 65.5 Å². The van der Waals surface area contributed by atoms with Crippen molar-refractivity contribution in [2.24, 2.45) is 0 Å². The maximum absolute atomic E-state index is 13.0. The number of nitrogens with zero attached hydrogens (tertiary/aromatic N) is 4. The molecule has 1 fully saturated rings. The van der Waals surface area contributed by atoms with Crippen LogP contribution in [0.1, 0.15) is 65.6 Å². The molecule has 5 nitrogen and oxygen atoms in total. The second-order valence-corrected chi connectivity index (χ2v) is 8.72. The summed E-state index contributed by atoms with van der Waals surface area (Å²) < 4.78 is 2.11. The fourth-order valence-electron chi connectivity index (χ4n) is 4.66. The Kier molecular flexibility index (Phi) is 6.50. The number of pyridine rings is 1. The average Bonchev–Trinajstić information content (AvgIpc) is 3.37. The molecule has 3 heterocycles. The molecule has 0 N–H and O–H groups in total. The van der Waals surface area contributed by atoms with E-state index in [1.165, 1.54) is 16.7 Å². The number of amides is 1. The molecule has 4 rings (SSSR count). The van der Waals surface area contributed by atoms with Crippen molar-refractivity contribution >= 4 is 5.91 Å². The molecule has 0 bridgehead atoms. The summed E-state index contributed by atoms with van der Waals surface area (Å²) in [5.41, 5.74) is 5.92. The monoisotopic (exact) mass is 416 g/mol. The van der Waals surface area contributed by atoms with Crippen LogP contribution in [0.4, 0.5) is 0 Å². The molecule has 0 spiro atoms. The van der Waals surface area contributed by atoms with Crippen molar-refractivity contribution in [2.75, 3.05) is 6.54 Å². The van der Waals surface area contributed by atoms with Gasteiger partial charge in [0.05, 0.1) is 11.7 Å². The lowest BCUT2D eigenvalue weighted by Crippen LogP contribution is -2.31. The normalized spacial score (nSPS) is 16.1. The second kappa shape index (κ2) is 9.46. The lowest BCUT2D eigenvalue weighted by molar-refractivity contribution is -0.132. The van der Waals surface area contributed by atoms with E-state index in [9.17, 15) is 4.79 Å². The fraction of sp³-hybridized carbons (Fsp3) is 0.423. The molecular formula is C26H32N4O. The number of aryl methyl sites for hydroxylation is 4. The van der Waals surface area contributed by atoms with E-state index in [2.05, 4.69) is 64.7 Å². The number of likely N-dealkylation sites (tertiary alicyclic amines) is 1. The summed E-state index contributed by atoms with van der Waals surface area (Å²) in [5.74, 6) is 1.24. The third-order valence-electron chi connectivity index (χ3n) is 6.15. The van der Waals surface area contributed by atoms with Gasteiger partial charge >= 0.3 is 0 Å². The quantitative estimate of drug-likeness (QED) is 0.548. The Morgan fingerprint density at radius 3 is 2.77 bits per heavy atom. The van der Waals surface area contributed by atoms with Gasteiger partial charge in [0.1, 0.15) is 5.82 Å². The number of carbonyl (C=O) groups excluding carboxylic acids is 1. The van der Waals surface area contributed by atoms with Gasteiger partial charge in [-0.25, -0.2) is 4.98 Å². The summed E-state index contributed by atoms with van der Waals surface area (Å²) >= 11 is 0. The molecule has 0 aliphatic carbocycles. The second-order valence-electron chi connectivity index (χ2n) is 8.72. The molecule has 1 aromatic carbocycles. The van der Waals surface area contributed by atoms with Crippen molar-refractivity contribution in [3.05, 3.63) is 82.7 Å². The van der Waals surface area contributed by atoms with Crippen molar-refractivity contribution < 1.29 is 4.79 Å². The minimum atomic E-state index is 0.0960. The van der Waals surface area contributed by atoms with Gasteiger partial charge in [-0.15, -0.1) is 0 Å². The Hall–Kier alpha value is -2.95. The maximum atomic E-state index is 13.0. The van der Waals surface area contributed by atoms with Crippen LogP contribution in [0.5, 0.6) is 0 Å². The van der Waals surface area contributed by atoms with E-state index in [0.29, 0.717) is 6.42 Å². The molecule has 1 atom stereocenters. The number of carbonyl (C=O) groups is 1. The van der Waals surface area contributed by atoms with Crippen molar-refractivity contribution in [1.82, 2.24) is 19.4 Å². The Morgan fingerprint density at radius 2 is 2.00 bits per heavy atom. The molecular weight excluding hydrogens is 384 g/mol. The van der Waals surface area contributed by atoms with Gasteiger partial charge in [0.25, 0.3) is 0 Å². The Labute approximate surface area is 185 Å². The highest BCUT2D eigenvalue weighted by atomic mass is 16.2. The SMILES string of the molecule is Cc1cccc(Cc2cc(C)nc([C@H]3CCCN3C(=O)CCCn3ccnc3C)c2)c1. The van der Waals surface area contributed by atoms with E-state index in [1.807, 2.05) is 19.3 Å². The minimum Gasteiger partial charge on any atom is -0.335 e. The van der Waals surface area contributed by atoms with E-state index >= 15 is 0 Å². The van der Waals surface area contributed by atoms with Gasteiger partial charge < -0.3 is 9.47 Å². The highest BCUT2D eigenvalue weighted by Crippen LogP contribution is 2.32. The molecule has 0 radical (unpaired) electrons. The largest absolute Gasteiger partial charge is 0.335 e. The van der Waals surface area contributed by atoms with Crippen LogP contribution in [0.3, 0.4) is 0 Å². The maximum Gasteiger partial charge on any atom is 0.223 e. The first-order chi connectivity index (χ1) is 15.0. The van der Waals surface area contributed by atoms with Gasteiger partial charge in [0, 0.05) is 37.6 Å². The molecule has 162 valence electrons. The number of aromatic nitrogens is 3. The zero-order valence-corrected chi connectivity index (χ0v) is 18.8. The fourth-order valence-corrected chi connectivity index (χ4v) is 4.66. The lowest BCUT2D eigenvalue weighted by Gasteiger charge is -2.25. The van der Waals surface area contributed by atoms with Crippen molar-refractivity contribution in [1.29, 1.82) is 0 Å². The van der Waals surface area contributed by atoms with Crippen LogP contribution in [0.15, 0.2) is 48.8 Å². The first-order valence-corrected chi connectivity index (χ1v) is 11.3. The molecule has 3 aromatic rings. The van der Waals surface area contributed by atoms with Crippen molar-refractivity contribution in [3.8, 4) is 0 Å². The van der Waals surface area contributed by atoms with E-state index in [4.69, 9.17) is 4.98 Å². The summed E-state index contributed by atoms with van der Waals surface area (Å²) in [6.07, 6.45) is 8.11. The zero-order valence-electron chi connectivity index (χ0n) is 18.8. The summed E-state index contributed by atoms with van der Waals surface area (Å²) in [6, 6.07) is 13.1. The van der Waals surface area contributed by atoms with Crippen LogP contribution in [0.25, 0.3) is 0 Å². The highest BCUT2D eigenvalue weighted by molar-refractivity contribution is 5.77. The third-order valence-corrected chi connectivity index (χ3v) is 6.15. The molecule has 0 saturated carbocycles. The molecule has 31 heavy (non-hydrogen) atoms. The molecule has 5 heteroatoms. The smallest absolute Gasteiger partial charge is 0.223 e. The lowest BCUT2D eigenvalue weighted by atomic mass is 10.0. The predicted molar refractivity (Wildman–Crippen MR) is 123 cm³/mol. The van der Waals surface area contributed by atoms with Gasteiger partial charge in [-0.1, -0.05) is 29.8 Å². The molecule has 1 aliphatic rings. The topological polar surface area (TPSA) is 51.0 Å². The first-order valence-electron chi connectivity index (χ1n) is 11.3. The number of hydrogen-bond acceptors (Lipinski definition) is 3. The van der Waals surface area contributed by atoms with Crippen LogP contribution < -0.4 is 0 Å². The first kappa shape index (κ1) is 21.3. The minimum absolute atomic E-state index is 0.0960. The summed E-state index contributed by atoms with van der Waals surface area (Å²) in [6.45, 7) is 7.84. The van der Waals surface area contributed by atoms with Gasteiger partial charge in [-0.3, -0.25) is 9.78 Å². The third kappa shape index (κ3) is 5.22. The van der Waals surface area contributed by atoms with Gasteiger partial charge in [0.15, 0.2) is 0 Å². The van der Waals surface area contributed by atoms with Crippen LogP contribution in [-0.2, 0) is 17.8 Å². The molecule has 1 saturated heterocycles. The Balaban J connectivity index is 1.44. The van der Waals surface area contributed by atoms with Crippen LogP contribution in [0, 0.1) is 20.8 Å². The number of hydrogen-bond donors (Lipinski definition) is 0. The number of rotatable bonds is 7. The van der Waals surface area contributed by atoms with E-state index in [0.717, 1.165) is 56.0 Å². The molecule has 2 aromatic heterocycles. The summed E-state index contributed by atoms with van der Waals surface area (Å²) in [7, 11) is 0. The van der Waals surface area contributed by atoms with Gasteiger partial charge in [-0.2, -0.15) is 0 Å². The predicted octanol–water partition coefficient (Wildman–Crippen LogP) is 4.94. The Bertz CT molecular complexity index is 1060. The highest BCUT2D eigenvalue weighted by Gasteiger charge is 2.30. The molecule has 0 unspecified atom stereocenters. The van der Waals surface area contributed by atoms with Gasteiger partial charge in [0.2, 0.25) is 5.91 Å². The summed E-state index contributed by atoms with van der Waals surface area (Å²) in [4.78, 5) is 24.2. The van der Waals surface area contributed by atoms with Crippen LogP contribution in [0.2, 0.25) is 0 Å². The Morgan fingerprint density at radius 1 is 1.13 bits per heavy atom. The molecule has 1 aliphatic heterocycles. The zero-order chi connectivity index (χ0) is 21.8. The standard InChI is InChI=1S/C26H32N4O/c1-19-7-4-8-22(15-19)17-23-16-20(2)28-24(18-23)25-9-5-13-30(25)26(31)10-6-12-29-14-11-27-21(29)3/h4,7-8,11,14-16,18,25H,5-6,9-10,12-13,17H2,1-3H3/t25-/m1/s1. The van der Waals surface area contributed by atoms with E-state index in [-0.39, 0.29) is 11.9 Å². The average molecular weight is 417 g/mol. The van der Waals surface area contributed by atoms with E-state index < -0.39 is 0 Å². The summed E-state index contributed by atoms with van der Waals surface area (Å²) in [5, 5.41) is 0. The van der Waals surface area contributed by atoms with Crippen molar-refractivity contribution in [3.63, 3.8) is 0 Å².